The minimum Gasteiger partial charge on any atom is -0.507 e. The van der Waals surface area contributed by atoms with Crippen molar-refractivity contribution in [1.29, 1.82) is 0 Å². The number of anilines is 2. The minimum absolute atomic E-state index is 0.107. The van der Waals surface area contributed by atoms with Crippen molar-refractivity contribution < 1.29 is 19.6 Å². The molecule has 8 nitrogen and oxygen atoms in total. The Kier molecular flexibility index (Phi) is 7.07. The Balaban J connectivity index is 1.89. The van der Waals surface area contributed by atoms with E-state index in [1.165, 1.54) is 29.2 Å². The molecule has 0 bridgehead atoms. The van der Waals surface area contributed by atoms with Crippen molar-refractivity contribution in [1.82, 2.24) is 0 Å². The fourth-order valence-electron chi connectivity index (χ4n) is 4.39. The van der Waals surface area contributed by atoms with E-state index in [1.54, 1.807) is 24.3 Å². The van der Waals surface area contributed by atoms with Crippen molar-refractivity contribution >= 4 is 46.1 Å². The molecule has 1 aliphatic rings. The van der Waals surface area contributed by atoms with E-state index in [-0.39, 0.29) is 16.8 Å². The van der Waals surface area contributed by atoms with Gasteiger partial charge in [-0.05, 0) is 61.9 Å². The second kappa shape index (κ2) is 10.2. The summed E-state index contributed by atoms with van der Waals surface area (Å²) in [5.41, 5.74) is 1.94. The standard InChI is InChI=1S/C27H24ClN3O5/c1-3-29(4-2)20-12-8-17(9-13-20)24-23(25(32)18-10-14-21(15-11-18)31(35)36)26(33)27(34)30(24)22-7-5-6-19(28)16-22/h5-16,24,32H,3-4H2,1-2H3/b25-23+. The molecule has 1 aliphatic heterocycles. The third kappa shape index (κ3) is 4.55. The second-order valence-corrected chi connectivity index (χ2v) is 8.65. The van der Waals surface area contributed by atoms with E-state index in [4.69, 9.17) is 11.6 Å². The molecule has 1 N–H and O–H groups in total. The van der Waals surface area contributed by atoms with Crippen LogP contribution in [-0.2, 0) is 9.59 Å². The number of non-ortho nitro benzene ring substituents is 1. The number of carbonyl (C=O) groups is 2. The molecular formula is C27H24ClN3O5. The van der Waals surface area contributed by atoms with Crippen molar-refractivity contribution in [2.45, 2.75) is 19.9 Å². The molecule has 0 spiro atoms. The summed E-state index contributed by atoms with van der Waals surface area (Å²) in [5.74, 6) is -2.08. The zero-order valence-corrected chi connectivity index (χ0v) is 20.5. The summed E-state index contributed by atoms with van der Waals surface area (Å²) in [4.78, 5) is 40.5. The summed E-state index contributed by atoms with van der Waals surface area (Å²) in [7, 11) is 0. The number of carbonyl (C=O) groups excluding carboxylic acids is 2. The molecule has 1 atom stereocenters. The van der Waals surface area contributed by atoms with Crippen molar-refractivity contribution in [3.05, 3.63) is 105 Å². The van der Waals surface area contributed by atoms with E-state index in [0.717, 1.165) is 18.8 Å². The molecule has 1 saturated heterocycles. The Bertz CT molecular complexity index is 1350. The number of rotatable bonds is 7. The molecule has 184 valence electrons. The molecule has 9 heteroatoms. The number of aliphatic hydroxyl groups is 1. The fraction of sp³-hybridized carbons (Fsp3) is 0.185. The molecule has 0 aromatic heterocycles. The van der Waals surface area contributed by atoms with Gasteiger partial charge in [0, 0.05) is 47.2 Å². The van der Waals surface area contributed by atoms with Crippen LogP contribution in [0.3, 0.4) is 0 Å². The van der Waals surface area contributed by atoms with E-state index in [1.807, 2.05) is 24.3 Å². The lowest BCUT2D eigenvalue weighted by Crippen LogP contribution is -2.29. The monoisotopic (exact) mass is 505 g/mol. The van der Waals surface area contributed by atoms with Gasteiger partial charge in [-0.2, -0.15) is 0 Å². The lowest BCUT2D eigenvalue weighted by Gasteiger charge is -2.27. The van der Waals surface area contributed by atoms with Gasteiger partial charge in [-0.3, -0.25) is 24.6 Å². The fourth-order valence-corrected chi connectivity index (χ4v) is 4.58. The predicted octanol–water partition coefficient (Wildman–Crippen LogP) is 5.72. The second-order valence-electron chi connectivity index (χ2n) is 8.22. The summed E-state index contributed by atoms with van der Waals surface area (Å²) in [6, 6.07) is 18.3. The van der Waals surface area contributed by atoms with Crippen LogP contribution in [0.2, 0.25) is 5.02 Å². The molecule has 0 radical (unpaired) electrons. The number of hydrogen-bond donors (Lipinski definition) is 1. The van der Waals surface area contributed by atoms with E-state index in [0.29, 0.717) is 16.3 Å². The van der Waals surface area contributed by atoms with Gasteiger partial charge in [-0.15, -0.1) is 0 Å². The maximum atomic E-state index is 13.3. The van der Waals surface area contributed by atoms with Crippen LogP contribution in [0.25, 0.3) is 5.76 Å². The van der Waals surface area contributed by atoms with Gasteiger partial charge in [0.2, 0.25) is 0 Å². The molecule has 0 aliphatic carbocycles. The number of hydrogen-bond acceptors (Lipinski definition) is 6. The first-order valence-corrected chi connectivity index (χ1v) is 11.8. The van der Waals surface area contributed by atoms with Gasteiger partial charge in [-0.25, -0.2) is 0 Å². The Morgan fingerprint density at radius 3 is 2.22 bits per heavy atom. The summed E-state index contributed by atoms with van der Waals surface area (Å²) >= 11 is 6.18. The van der Waals surface area contributed by atoms with Gasteiger partial charge >= 0.3 is 0 Å². The largest absolute Gasteiger partial charge is 0.507 e. The average Bonchev–Trinajstić information content (AvgIpc) is 3.15. The molecule has 36 heavy (non-hydrogen) atoms. The third-order valence-electron chi connectivity index (χ3n) is 6.22. The van der Waals surface area contributed by atoms with Crippen LogP contribution in [0.15, 0.2) is 78.4 Å². The lowest BCUT2D eigenvalue weighted by molar-refractivity contribution is -0.384. The van der Waals surface area contributed by atoms with Crippen LogP contribution in [0, 0.1) is 10.1 Å². The molecule has 4 rings (SSSR count). The summed E-state index contributed by atoms with van der Waals surface area (Å²) in [5, 5.41) is 22.6. The molecule has 0 saturated carbocycles. The quantitative estimate of drug-likeness (QED) is 0.145. The van der Waals surface area contributed by atoms with Gasteiger partial charge < -0.3 is 10.0 Å². The number of aliphatic hydroxyl groups excluding tert-OH is 1. The number of Topliss-reactive ketones (excluding diaryl/α,β-unsaturated/α-hetero) is 1. The first-order valence-electron chi connectivity index (χ1n) is 11.4. The summed E-state index contributed by atoms with van der Waals surface area (Å²) in [6.45, 7) is 5.74. The smallest absolute Gasteiger partial charge is 0.300 e. The highest BCUT2D eigenvalue weighted by Crippen LogP contribution is 2.43. The summed E-state index contributed by atoms with van der Waals surface area (Å²) in [6.07, 6.45) is 0. The SMILES string of the molecule is CCN(CC)c1ccc(C2/C(=C(\O)c3ccc([N+](=O)[O-])cc3)C(=O)C(=O)N2c2cccc(Cl)c2)cc1. The molecule has 1 unspecified atom stereocenters. The number of nitro benzene ring substituents is 1. The molecule has 1 fully saturated rings. The maximum Gasteiger partial charge on any atom is 0.300 e. The maximum absolute atomic E-state index is 13.3. The molecule has 1 amide bonds. The number of amides is 1. The average molecular weight is 506 g/mol. The van der Waals surface area contributed by atoms with Crippen LogP contribution in [0.5, 0.6) is 0 Å². The Hall–Kier alpha value is -4.17. The van der Waals surface area contributed by atoms with Crippen LogP contribution in [0.1, 0.15) is 31.0 Å². The topological polar surface area (TPSA) is 104 Å². The molecule has 3 aromatic rings. The van der Waals surface area contributed by atoms with Crippen LogP contribution >= 0.6 is 11.6 Å². The van der Waals surface area contributed by atoms with E-state index < -0.39 is 28.4 Å². The van der Waals surface area contributed by atoms with E-state index >= 15 is 0 Å². The van der Waals surface area contributed by atoms with Crippen molar-refractivity contribution in [2.24, 2.45) is 0 Å². The van der Waals surface area contributed by atoms with E-state index in [2.05, 4.69) is 18.7 Å². The number of halogens is 1. The first kappa shape index (κ1) is 24.9. The van der Waals surface area contributed by atoms with Gasteiger partial charge in [0.1, 0.15) is 5.76 Å². The number of nitro groups is 1. The zero-order chi connectivity index (χ0) is 26.0. The minimum atomic E-state index is -0.926. The van der Waals surface area contributed by atoms with Crippen LogP contribution in [0.4, 0.5) is 17.1 Å². The van der Waals surface area contributed by atoms with Gasteiger partial charge in [0.15, 0.2) is 0 Å². The Morgan fingerprint density at radius 2 is 1.67 bits per heavy atom. The van der Waals surface area contributed by atoms with Crippen LogP contribution < -0.4 is 9.80 Å². The van der Waals surface area contributed by atoms with Gasteiger partial charge in [0.25, 0.3) is 17.4 Å². The normalized spacial score (nSPS) is 16.9. The predicted molar refractivity (Wildman–Crippen MR) is 139 cm³/mol. The molecule has 1 heterocycles. The Labute approximate surface area is 213 Å². The lowest BCUT2D eigenvalue weighted by atomic mass is 9.94. The Morgan fingerprint density at radius 1 is 1.03 bits per heavy atom. The van der Waals surface area contributed by atoms with Crippen molar-refractivity contribution in [3.8, 4) is 0 Å². The highest BCUT2D eigenvalue weighted by molar-refractivity contribution is 6.51. The summed E-state index contributed by atoms with van der Waals surface area (Å²) < 4.78 is 0. The third-order valence-corrected chi connectivity index (χ3v) is 6.45. The highest BCUT2D eigenvalue weighted by Gasteiger charge is 2.47. The molecule has 3 aromatic carbocycles. The van der Waals surface area contributed by atoms with Crippen molar-refractivity contribution in [2.75, 3.05) is 22.9 Å². The highest BCUT2D eigenvalue weighted by atomic mass is 35.5. The zero-order valence-electron chi connectivity index (χ0n) is 19.7. The van der Waals surface area contributed by atoms with Crippen molar-refractivity contribution in [3.63, 3.8) is 0 Å². The van der Waals surface area contributed by atoms with Crippen LogP contribution in [-0.4, -0.2) is 34.8 Å². The molecular weight excluding hydrogens is 482 g/mol. The van der Waals surface area contributed by atoms with Gasteiger partial charge in [0.05, 0.1) is 16.5 Å². The number of nitrogens with zero attached hydrogens (tertiary/aromatic N) is 3. The number of ketones is 1. The number of benzene rings is 3. The van der Waals surface area contributed by atoms with Gasteiger partial charge in [-0.1, -0.05) is 29.8 Å². The van der Waals surface area contributed by atoms with E-state index in [9.17, 15) is 24.8 Å². The first-order chi connectivity index (χ1) is 17.3.